The second kappa shape index (κ2) is 4.52. The summed E-state index contributed by atoms with van der Waals surface area (Å²) in [6, 6.07) is 0. The van der Waals surface area contributed by atoms with E-state index in [2.05, 4.69) is 9.97 Å². The Balaban J connectivity index is 2.08. The van der Waals surface area contributed by atoms with Gasteiger partial charge >= 0.3 is 0 Å². The highest BCUT2D eigenvalue weighted by Gasteiger charge is 2.43. The van der Waals surface area contributed by atoms with Gasteiger partial charge in [0.05, 0.1) is 12.9 Å². The quantitative estimate of drug-likeness (QED) is 0.368. The van der Waals surface area contributed by atoms with Crippen LogP contribution in [0.5, 0.6) is 0 Å². The van der Waals surface area contributed by atoms with Crippen LogP contribution in [0, 0.1) is 5.41 Å². The van der Waals surface area contributed by atoms with Crippen LogP contribution >= 0.6 is 0 Å². The Hall–Kier alpha value is -2.01. The molecule has 0 spiro atoms. The Morgan fingerprint density at radius 3 is 2.70 bits per heavy atom. The third kappa shape index (κ3) is 1.70. The normalized spacial score (nSPS) is 30.1. The van der Waals surface area contributed by atoms with Crippen LogP contribution in [0.15, 0.2) is 12.7 Å². The number of aliphatic hydroxyl groups excluding tert-OH is 3. The van der Waals surface area contributed by atoms with Crippen LogP contribution in [0.4, 0.5) is 0 Å². The molecule has 4 atom stereocenters. The molecule has 3 heterocycles. The van der Waals surface area contributed by atoms with E-state index in [9.17, 15) is 10.2 Å². The number of ether oxygens (including phenoxy) is 1. The third-order valence-corrected chi connectivity index (χ3v) is 3.35. The lowest BCUT2D eigenvalue weighted by Crippen LogP contribution is -2.33. The summed E-state index contributed by atoms with van der Waals surface area (Å²) in [6.45, 7) is -0.415. The molecule has 4 unspecified atom stereocenters. The summed E-state index contributed by atoms with van der Waals surface area (Å²) in [5.74, 6) is 5.51. The van der Waals surface area contributed by atoms with Gasteiger partial charge in [-0.2, -0.15) is 0 Å². The maximum absolute atomic E-state index is 9.97. The summed E-state index contributed by atoms with van der Waals surface area (Å²) < 4.78 is 7.80. The number of nitrogens with two attached hydrogens (primary N) is 1. The van der Waals surface area contributed by atoms with Crippen LogP contribution in [0.3, 0.4) is 0 Å². The molecule has 0 amide bonds. The minimum Gasteiger partial charge on any atom is -0.394 e. The molecule has 6 N–H and O–H groups in total. The first-order valence-corrected chi connectivity index (χ1v) is 5.91. The summed E-state index contributed by atoms with van der Waals surface area (Å²) >= 11 is 0. The molecule has 10 nitrogen and oxygen atoms in total. The Morgan fingerprint density at radius 1 is 1.30 bits per heavy atom. The average Bonchev–Trinajstić information content (AvgIpc) is 2.98. The first-order chi connectivity index (χ1) is 9.54. The molecule has 1 aliphatic heterocycles. The number of nitrogens with zero attached hydrogens (tertiary/aromatic N) is 4. The largest absolute Gasteiger partial charge is 0.394 e. The van der Waals surface area contributed by atoms with Crippen molar-refractivity contribution in [3.63, 3.8) is 0 Å². The Morgan fingerprint density at radius 2 is 2.05 bits per heavy atom. The number of nitrogen functional groups attached to an aromatic ring is 1. The van der Waals surface area contributed by atoms with E-state index in [0.717, 1.165) is 4.68 Å². The molecule has 2 aromatic rings. The fourth-order valence-electron chi connectivity index (χ4n) is 2.24. The number of rotatable bonds is 2. The lowest BCUT2D eigenvalue weighted by atomic mass is 10.1. The average molecular weight is 282 g/mol. The van der Waals surface area contributed by atoms with Crippen molar-refractivity contribution in [2.75, 3.05) is 12.4 Å². The lowest BCUT2D eigenvalue weighted by molar-refractivity contribution is -0.0511. The van der Waals surface area contributed by atoms with Gasteiger partial charge in [0.25, 0.3) is 0 Å². The number of aromatic nitrogens is 4. The predicted octanol–water partition coefficient (Wildman–Crippen LogP) is -2.96. The monoisotopic (exact) mass is 282 g/mol. The highest BCUT2D eigenvalue weighted by Crippen LogP contribution is 2.30. The van der Waals surface area contributed by atoms with Crippen molar-refractivity contribution in [3.05, 3.63) is 18.1 Å². The molecule has 0 saturated carbocycles. The van der Waals surface area contributed by atoms with Crippen LogP contribution in [-0.2, 0) is 4.74 Å². The number of imidazole rings is 1. The molecule has 10 heteroatoms. The minimum absolute atomic E-state index is 0.0412. The smallest absolute Gasteiger partial charge is 0.175 e. The van der Waals surface area contributed by atoms with E-state index >= 15 is 0 Å². The van der Waals surface area contributed by atoms with Crippen molar-refractivity contribution in [2.45, 2.75) is 24.5 Å². The van der Waals surface area contributed by atoms with Crippen molar-refractivity contribution in [1.82, 2.24) is 19.2 Å². The molecule has 1 aliphatic rings. The van der Waals surface area contributed by atoms with Gasteiger partial charge in [-0.1, -0.05) is 0 Å². The van der Waals surface area contributed by atoms with Gasteiger partial charge < -0.3 is 25.9 Å². The van der Waals surface area contributed by atoms with E-state index in [-0.39, 0.29) is 11.0 Å². The van der Waals surface area contributed by atoms with E-state index in [0.29, 0.717) is 5.65 Å². The van der Waals surface area contributed by atoms with Crippen LogP contribution < -0.4 is 11.3 Å². The summed E-state index contributed by atoms with van der Waals surface area (Å²) in [7, 11) is 0. The highest BCUT2D eigenvalue weighted by atomic mass is 16.6. The van der Waals surface area contributed by atoms with Gasteiger partial charge in [-0.05, 0) is 0 Å². The first kappa shape index (κ1) is 13.0. The fraction of sp³-hybridized carbons (Fsp3) is 0.500. The van der Waals surface area contributed by atoms with Crippen molar-refractivity contribution >= 4 is 11.2 Å². The Bertz CT molecular complexity index is 697. The van der Waals surface area contributed by atoms with Crippen LogP contribution in [0.2, 0.25) is 0 Å². The maximum atomic E-state index is 9.97. The number of hydrogen-bond acceptors (Lipinski definition) is 8. The van der Waals surface area contributed by atoms with Gasteiger partial charge in [-0.15, -0.1) is 0 Å². The third-order valence-electron chi connectivity index (χ3n) is 3.35. The molecule has 3 rings (SSSR count). The zero-order valence-electron chi connectivity index (χ0n) is 10.3. The van der Waals surface area contributed by atoms with Gasteiger partial charge in [0, 0.05) is 0 Å². The van der Waals surface area contributed by atoms with Crippen LogP contribution in [0.1, 0.15) is 6.23 Å². The van der Waals surface area contributed by atoms with Gasteiger partial charge in [0.15, 0.2) is 22.9 Å². The number of hydrogen-bond donors (Lipinski definition) is 5. The summed E-state index contributed by atoms with van der Waals surface area (Å²) in [5, 5.41) is 36.6. The second-order valence-corrected chi connectivity index (χ2v) is 4.55. The molecule has 108 valence electrons. The molecule has 20 heavy (non-hydrogen) atoms. The standard InChI is InChI=1S/C10H14N6O4/c11-8-5-9(14-3-16(8)12)15(2-13-5)10-7(19)6(18)4(1-17)20-10/h2-4,6-7,10-11,17-19H,1,12H2. The fourth-order valence-corrected chi connectivity index (χ4v) is 2.24. The Kier molecular flexibility index (Phi) is 2.94. The highest BCUT2D eigenvalue weighted by molar-refractivity contribution is 5.68. The van der Waals surface area contributed by atoms with Crippen LogP contribution in [0.25, 0.3) is 11.2 Å². The van der Waals surface area contributed by atoms with Gasteiger partial charge in [0.1, 0.15) is 24.6 Å². The molecular weight excluding hydrogens is 268 g/mol. The molecule has 0 bridgehead atoms. The molecule has 0 aliphatic carbocycles. The molecule has 1 saturated heterocycles. The predicted molar refractivity (Wildman–Crippen MR) is 64.5 cm³/mol. The maximum Gasteiger partial charge on any atom is 0.175 e. The number of aliphatic hydroxyl groups is 3. The molecule has 0 radical (unpaired) electrons. The van der Waals surface area contributed by atoms with E-state index in [1.165, 1.54) is 17.2 Å². The van der Waals surface area contributed by atoms with Crippen molar-refractivity contribution in [3.8, 4) is 0 Å². The Labute approximate surface area is 112 Å². The topological polar surface area (TPSA) is 155 Å². The molecule has 0 aromatic carbocycles. The van der Waals surface area contributed by atoms with E-state index in [1.807, 2.05) is 0 Å². The van der Waals surface area contributed by atoms with E-state index < -0.39 is 31.1 Å². The zero-order valence-corrected chi connectivity index (χ0v) is 10.3. The number of nitrogens with one attached hydrogen (secondary N) is 1. The van der Waals surface area contributed by atoms with E-state index in [1.54, 1.807) is 0 Å². The summed E-state index contributed by atoms with van der Waals surface area (Å²) in [6.07, 6.45) is -1.68. The first-order valence-electron chi connectivity index (χ1n) is 5.91. The van der Waals surface area contributed by atoms with Gasteiger partial charge in [-0.25, -0.2) is 14.6 Å². The van der Waals surface area contributed by atoms with Crippen LogP contribution in [-0.4, -0.2) is 59.4 Å². The van der Waals surface area contributed by atoms with Gasteiger partial charge in [-0.3, -0.25) is 9.98 Å². The second-order valence-electron chi connectivity index (χ2n) is 4.55. The summed E-state index contributed by atoms with van der Waals surface area (Å²) in [5.41, 5.74) is 0.500. The molecular formula is C10H14N6O4. The lowest BCUT2D eigenvalue weighted by Gasteiger charge is -2.16. The number of fused-ring (bicyclic) bond motifs is 1. The van der Waals surface area contributed by atoms with Crippen molar-refractivity contribution in [1.29, 1.82) is 5.41 Å². The minimum atomic E-state index is -1.23. The van der Waals surface area contributed by atoms with E-state index in [4.69, 9.17) is 21.1 Å². The SMILES string of the molecule is N=c1c2ncn(C3OC(CO)C(O)C3O)c2ncn1N. The zero-order chi connectivity index (χ0) is 14.4. The van der Waals surface area contributed by atoms with Crippen molar-refractivity contribution < 1.29 is 20.1 Å². The van der Waals surface area contributed by atoms with Crippen molar-refractivity contribution in [2.24, 2.45) is 0 Å². The van der Waals surface area contributed by atoms with Gasteiger partial charge in [0.2, 0.25) is 0 Å². The molecule has 1 fully saturated rings. The molecule has 2 aromatic heterocycles. The summed E-state index contributed by atoms with van der Waals surface area (Å²) in [4.78, 5) is 8.05.